The van der Waals surface area contributed by atoms with Gasteiger partial charge in [0.2, 0.25) is 5.82 Å². The Hall–Kier alpha value is -3.17. The van der Waals surface area contributed by atoms with Gasteiger partial charge in [0.05, 0.1) is 5.56 Å². The zero-order valence-corrected chi connectivity index (χ0v) is 22.1. The third-order valence-corrected chi connectivity index (χ3v) is 6.46. The predicted octanol–water partition coefficient (Wildman–Crippen LogP) is 6.43. The lowest BCUT2D eigenvalue weighted by Gasteiger charge is -2.30. The zero-order chi connectivity index (χ0) is 27.2. The molecule has 1 aromatic carbocycles. The van der Waals surface area contributed by atoms with Crippen LogP contribution >= 0.6 is 0 Å². The summed E-state index contributed by atoms with van der Waals surface area (Å²) >= 11 is 0. The molecule has 0 fully saturated rings. The molecule has 0 aliphatic heterocycles. The first kappa shape index (κ1) is 26.9. The van der Waals surface area contributed by atoms with E-state index in [1.807, 2.05) is 11.6 Å². The monoisotopic (exact) mass is 518 g/mol. The van der Waals surface area contributed by atoms with Crippen LogP contribution in [0.5, 0.6) is 0 Å². The number of alkyl halides is 3. The molecule has 2 heterocycles. The second-order valence-corrected chi connectivity index (χ2v) is 11.3. The van der Waals surface area contributed by atoms with E-state index in [0.717, 1.165) is 36.6 Å². The minimum atomic E-state index is -4.65. The van der Waals surface area contributed by atoms with Gasteiger partial charge in [0, 0.05) is 29.8 Å². The van der Waals surface area contributed by atoms with E-state index < -0.39 is 23.3 Å². The summed E-state index contributed by atoms with van der Waals surface area (Å²) in [5.41, 5.74) is 1.44. The largest absolute Gasteiger partial charge is 0.460 e. The summed E-state index contributed by atoms with van der Waals surface area (Å²) in [7, 11) is 0. The zero-order valence-electron chi connectivity index (χ0n) is 22.1. The van der Waals surface area contributed by atoms with Gasteiger partial charge in [-0.05, 0) is 70.4 Å². The Morgan fingerprint density at radius 2 is 1.95 bits per heavy atom. The van der Waals surface area contributed by atoms with Crippen molar-refractivity contribution in [3.05, 3.63) is 40.6 Å². The predicted molar refractivity (Wildman–Crippen MR) is 132 cm³/mol. The van der Waals surface area contributed by atoms with Crippen LogP contribution in [0.15, 0.2) is 22.7 Å². The van der Waals surface area contributed by atoms with Crippen LogP contribution in [-0.2, 0) is 41.5 Å². The van der Waals surface area contributed by atoms with Crippen molar-refractivity contribution < 1.29 is 27.2 Å². The molecule has 0 bridgehead atoms. The number of esters is 1. The number of nitrogens with zero attached hydrogens (tertiary/aromatic N) is 4. The molecule has 3 aromatic rings. The summed E-state index contributed by atoms with van der Waals surface area (Å²) in [6, 6.07) is 3.90. The van der Waals surface area contributed by atoms with E-state index in [2.05, 4.69) is 29.1 Å². The highest BCUT2D eigenvalue weighted by Crippen LogP contribution is 2.40. The van der Waals surface area contributed by atoms with Crippen LogP contribution in [0.25, 0.3) is 23.0 Å². The molecular weight excluding hydrogens is 485 g/mol. The van der Waals surface area contributed by atoms with Crippen LogP contribution in [0, 0.1) is 5.41 Å². The number of fused-ring (bicyclic) bond motifs is 1. The molecule has 4 rings (SSSR count). The van der Waals surface area contributed by atoms with Crippen molar-refractivity contribution in [3.8, 4) is 23.0 Å². The summed E-state index contributed by atoms with van der Waals surface area (Å²) in [5, 5.41) is 8.54. The first-order valence-electron chi connectivity index (χ1n) is 12.5. The van der Waals surface area contributed by atoms with E-state index in [4.69, 9.17) is 9.26 Å². The quantitative estimate of drug-likeness (QED) is 0.350. The molecule has 2 aromatic heterocycles. The molecule has 0 atom stereocenters. The maximum Gasteiger partial charge on any atom is 0.417 e. The molecule has 37 heavy (non-hydrogen) atoms. The van der Waals surface area contributed by atoms with Crippen LogP contribution in [0.4, 0.5) is 13.2 Å². The number of carbonyl (C=O) groups excluding carboxylic acids is 1. The van der Waals surface area contributed by atoms with Gasteiger partial charge in [0.15, 0.2) is 5.69 Å². The van der Waals surface area contributed by atoms with Gasteiger partial charge in [-0.3, -0.25) is 9.48 Å². The minimum Gasteiger partial charge on any atom is -0.460 e. The van der Waals surface area contributed by atoms with Crippen molar-refractivity contribution in [2.75, 3.05) is 0 Å². The van der Waals surface area contributed by atoms with E-state index in [1.54, 1.807) is 26.8 Å². The molecule has 0 N–H and O–H groups in total. The molecule has 0 amide bonds. The highest BCUT2D eigenvalue weighted by Gasteiger charge is 2.36. The van der Waals surface area contributed by atoms with Crippen molar-refractivity contribution >= 4 is 5.97 Å². The second-order valence-electron chi connectivity index (χ2n) is 11.3. The van der Waals surface area contributed by atoms with Crippen molar-refractivity contribution in [1.29, 1.82) is 0 Å². The molecule has 200 valence electrons. The van der Waals surface area contributed by atoms with E-state index in [0.29, 0.717) is 17.8 Å². The number of aromatic nitrogens is 4. The van der Waals surface area contributed by atoms with Gasteiger partial charge in [-0.2, -0.15) is 23.3 Å². The van der Waals surface area contributed by atoms with Crippen LogP contribution in [0.3, 0.4) is 0 Å². The molecule has 10 heteroatoms. The number of hydrogen-bond acceptors (Lipinski definition) is 6. The number of aryl methyl sites for hydroxylation is 2. The van der Waals surface area contributed by atoms with E-state index in [1.165, 1.54) is 6.07 Å². The van der Waals surface area contributed by atoms with Gasteiger partial charge >= 0.3 is 12.1 Å². The van der Waals surface area contributed by atoms with Gasteiger partial charge in [-0.15, -0.1) is 0 Å². The maximum atomic E-state index is 14.0. The fourth-order valence-corrected chi connectivity index (χ4v) is 4.68. The average Bonchev–Trinajstić information content (AvgIpc) is 3.39. The van der Waals surface area contributed by atoms with E-state index in [-0.39, 0.29) is 35.5 Å². The van der Waals surface area contributed by atoms with Crippen LogP contribution in [-0.4, -0.2) is 31.5 Å². The number of ether oxygens (including phenoxy) is 1. The Balaban J connectivity index is 1.63. The summed E-state index contributed by atoms with van der Waals surface area (Å²) in [6.45, 7) is 12.3. The number of halogens is 3. The molecule has 0 spiro atoms. The summed E-state index contributed by atoms with van der Waals surface area (Å²) < 4.78 is 54.7. The lowest BCUT2D eigenvalue weighted by Crippen LogP contribution is -2.24. The van der Waals surface area contributed by atoms with E-state index in [9.17, 15) is 18.0 Å². The molecule has 0 radical (unpaired) electrons. The minimum absolute atomic E-state index is 0.0255. The number of benzene rings is 1. The molecule has 1 aliphatic rings. The molecule has 1 aliphatic carbocycles. The third-order valence-electron chi connectivity index (χ3n) is 6.46. The molecule has 0 saturated carbocycles. The molecular formula is C27H33F3N4O3. The SMILES string of the molecule is CCn1nc(-c2nc(-c3ccc(CCC(=O)OC(C)(C)C)cc3C(F)(F)F)no2)c2c1CC(C)(C)CC2. The Labute approximate surface area is 214 Å². The van der Waals surface area contributed by atoms with E-state index >= 15 is 0 Å². The lowest BCUT2D eigenvalue weighted by molar-refractivity contribution is -0.154. The highest BCUT2D eigenvalue weighted by molar-refractivity contribution is 5.70. The van der Waals surface area contributed by atoms with Gasteiger partial charge < -0.3 is 9.26 Å². The van der Waals surface area contributed by atoms with Gasteiger partial charge in [-0.1, -0.05) is 31.1 Å². The molecule has 0 unspecified atom stereocenters. The summed E-state index contributed by atoms with van der Waals surface area (Å²) in [4.78, 5) is 16.3. The fraction of sp³-hybridized carbons (Fsp3) is 0.556. The first-order chi connectivity index (χ1) is 17.2. The lowest BCUT2D eigenvalue weighted by atomic mass is 9.76. The van der Waals surface area contributed by atoms with Crippen LogP contribution in [0.1, 0.15) is 76.8 Å². The normalized spacial score (nSPS) is 15.5. The van der Waals surface area contributed by atoms with Gasteiger partial charge in [-0.25, -0.2) is 0 Å². The summed E-state index contributed by atoms with van der Waals surface area (Å²) in [5.74, 6) is -0.511. The van der Waals surface area contributed by atoms with Crippen molar-refractivity contribution in [3.63, 3.8) is 0 Å². The third kappa shape index (κ3) is 6.05. The summed E-state index contributed by atoms with van der Waals surface area (Å²) in [6.07, 6.45) is -1.95. The first-order valence-corrected chi connectivity index (χ1v) is 12.5. The Morgan fingerprint density at radius 1 is 1.22 bits per heavy atom. The van der Waals surface area contributed by atoms with Crippen LogP contribution < -0.4 is 0 Å². The standard InChI is InChI=1S/C27H33F3N4O3/c1-7-34-20-15-26(5,6)13-12-18(20)22(32-34)24-31-23(33-37-24)17-10-8-16(14-19(17)27(28,29)30)9-11-21(35)36-25(2,3)4/h8,10,14H,7,9,11-13,15H2,1-6H3. The fourth-order valence-electron chi connectivity index (χ4n) is 4.68. The second kappa shape index (κ2) is 9.61. The van der Waals surface area contributed by atoms with Crippen molar-refractivity contribution in [2.24, 2.45) is 5.41 Å². The topological polar surface area (TPSA) is 83.0 Å². The van der Waals surface area contributed by atoms with Crippen LogP contribution in [0.2, 0.25) is 0 Å². The Kier molecular flexibility index (Phi) is 6.98. The molecule has 0 saturated heterocycles. The van der Waals surface area contributed by atoms with Gasteiger partial charge in [0.1, 0.15) is 5.60 Å². The number of carbonyl (C=O) groups is 1. The maximum absolute atomic E-state index is 14.0. The smallest absolute Gasteiger partial charge is 0.417 e. The molecule has 7 nitrogen and oxygen atoms in total. The van der Waals surface area contributed by atoms with Gasteiger partial charge in [0.25, 0.3) is 5.89 Å². The highest BCUT2D eigenvalue weighted by atomic mass is 19.4. The average molecular weight is 519 g/mol. The Bertz CT molecular complexity index is 1300. The van der Waals surface area contributed by atoms with Crippen molar-refractivity contribution in [1.82, 2.24) is 19.9 Å². The Morgan fingerprint density at radius 3 is 2.59 bits per heavy atom. The van der Waals surface area contributed by atoms with Crippen molar-refractivity contribution in [2.45, 2.75) is 92.0 Å². The number of hydrogen-bond donors (Lipinski definition) is 0. The number of rotatable bonds is 6.